The van der Waals surface area contributed by atoms with Gasteiger partial charge in [-0.25, -0.2) is 13.1 Å². The van der Waals surface area contributed by atoms with Crippen molar-refractivity contribution in [3.8, 4) is 0 Å². The third kappa shape index (κ3) is 5.38. The Morgan fingerprint density at radius 2 is 2.00 bits per heavy atom. The van der Waals surface area contributed by atoms with Crippen LogP contribution < -0.4 is 4.72 Å². The first-order valence-electron chi connectivity index (χ1n) is 5.46. The van der Waals surface area contributed by atoms with E-state index in [-0.39, 0.29) is 9.62 Å². The molecule has 0 aliphatic rings. The highest BCUT2D eigenvalue weighted by Crippen LogP contribution is 2.25. The Bertz CT molecular complexity index is 460. The summed E-state index contributed by atoms with van der Waals surface area (Å²) in [6.07, 6.45) is 1.82. The summed E-state index contributed by atoms with van der Waals surface area (Å²) in [7, 11) is -3.37. The molecule has 6 heteroatoms. The van der Waals surface area contributed by atoms with Gasteiger partial charge in [-0.3, -0.25) is 0 Å². The highest BCUT2D eigenvalue weighted by atomic mass is 35.5. The number of hydrogen-bond donors (Lipinski definition) is 1. The molecule has 0 atom stereocenters. The molecule has 0 amide bonds. The highest BCUT2D eigenvalue weighted by Gasteiger charge is 2.16. The first-order chi connectivity index (χ1) is 7.71. The van der Waals surface area contributed by atoms with Crippen molar-refractivity contribution < 1.29 is 8.42 Å². The molecule has 1 aromatic heterocycles. The number of sulfonamides is 1. The summed E-state index contributed by atoms with van der Waals surface area (Å²) >= 11 is 6.79. The van der Waals surface area contributed by atoms with Crippen LogP contribution in [0.3, 0.4) is 0 Å². The Morgan fingerprint density at radius 1 is 1.35 bits per heavy atom. The third-order valence-corrected chi connectivity index (χ3v) is 5.39. The normalized spacial score (nSPS) is 12.9. The van der Waals surface area contributed by atoms with Crippen LogP contribution >= 0.6 is 22.9 Å². The van der Waals surface area contributed by atoms with Crippen LogP contribution in [0.25, 0.3) is 0 Å². The molecule has 1 heterocycles. The number of rotatable bonds is 5. The zero-order chi connectivity index (χ0) is 13.1. The second kappa shape index (κ2) is 5.69. The number of halogens is 1. The summed E-state index contributed by atoms with van der Waals surface area (Å²) < 4.78 is 27.0. The van der Waals surface area contributed by atoms with Gasteiger partial charge in [-0.15, -0.1) is 11.3 Å². The van der Waals surface area contributed by atoms with Crippen LogP contribution in [0, 0.1) is 5.41 Å². The van der Waals surface area contributed by atoms with Gasteiger partial charge >= 0.3 is 0 Å². The Kier molecular flexibility index (Phi) is 5.01. The summed E-state index contributed by atoms with van der Waals surface area (Å²) in [6.45, 7) is 6.89. The molecule has 0 bridgehead atoms. The molecule has 1 N–H and O–H groups in total. The summed E-state index contributed by atoms with van der Waals surface area (Å²) in [6, 6.07) is 3.12. The van der Waals surface area contributed by atoms with E-state index < -0.39 is 10.0 Å². The van der Waals surface area contributed by atoms with Gasteiger partial charge in [0, 0.05) is 6.54 Å². The predicted molar refractivity (Wildman–Crippen MR) is 73.2 cm³/mol. The Labute approximate surface area is 112 Å². The topological polar surface area (TPSA) is 46.2 Å². The van der Waals surface area contributed by atoms with E-state index in [1.165, 1.54) is 6.07 Å². The summed E-state index contributed by atoms with van der Waals surface area (Å²) in [4.78, 5) is 0. The molecule has 0 saturated heterocycles. The lowest BCUT2D eigenvalue weighted by Crippen LogP contribution is -2.24. The average molecular weight is 296 g/mol. The monoisotopic (exact) mass is 295 g/mol. The van der Waals surface area contributed by atoms with E-state index >= 15 is 0 Å². The zero-order valence-corrected chi connectivity index (χ0v) is 12.7. The van der Waals surface area contributed by atoms with Crippen LogP contribution in [0.15, 0.2) is 16.3 Å². The Balaban J connectivity index is 2.46. The fourth-order valence-electron chi connectivity index (χ4n) is 1.34. The zero-order valence-electron chi connectivity index (χ0n) is 10.3. The van der Waals surface area contributed by atoms with Crippen molar-refractivity contribution in [2.45, 2.75) is 37.8 Å². The van der Waals surface area contributed by atoms with Crippen molar-refractivity contribution in [2.24, 2.45) is 5.41 Å². The van der Waals surface area contributed by atoms with E-state index in [0.717, 1.165) is 24.2 Å². The summed E-state index contributed by atoms with van der Waals surface area (Å²) in [5.74, 6) is 0. The number of thiophene rings is 1. The van der Waals surface area contributed by atoms with Gasteiger partial charge in [0.2, 0.25) is 10.0 Å². The molecule has 0 aliphatic carbocycles. The van der Waals surface area contributed by atoms with Crippen LogP contribution in [0.4, 0.5) is 0 Å². The molecule has 0 aromatic carbocycles. The minimum Gasteiger partial charge on any atom is -0.210 e. The van der Waals surface area contributed by atoms with Crippen LogP contribution in [-0.2, 0) is 10.0 Å². The molecule has 3 nitrogen and oxygen atoms in total. The second-order valence-electron chi connectivity index (χ2n) is 5.12. The average Bonchev–Trinajstić information content (AvgIpc) is 2.59. The summed E-state index contributed by atoms with van der Waals surface area (Å²) in [5.41, 5.74) is 0.234. The molecule has 1 aromatic rings. The Hall–Kier alpha value is -0.100. The maximum Gasteiger partial charge on any atom is 0.250 e. The molecule has 0 spiro atoms. The van der Waals surface area contributed by atoms with Gasteiger partial charge in [-0.2, -0.15) is 0 Å². The molecule has 0 aliphatic heterocycles. The molecular weight excluding hydrogens is 278 g/mol. The molecule has 17 heavy (non-hydrogen) atoms. The first-order valence-corrected chi connectivity index (χ1v) is 8.13. The molecule has 0 unspecified atom stereocenters. The van der Waals surface area contributed by atoms with E-state index in [1.807, 2.05) is 0 Å². The van der Waals surface area contributed by atoms with Gasteiger partial charge in [0.15, 0.2) is 0 Å². The SMILES string of the molecule is CC(C)(C)CCCNS(=O)(=O)c1ccc(Cl)s1. The lowest BCUT2D eigenvalue weighted by molar-refractivity contribution is 0.365. The minimum absolute atomic E-state index is 0.234. The molecule has 98 valence electrons. The van der Waals surface area contributed by atoms with Gasteiger partial charge in [-0.05, 0) is 30.4 Å². The largest absolute Gasteiger partial charge is 0.250 e. The smallest absolute Gasteiger partial charge is 0.210 e. The van der Waals surface area contributed by atoms with Gasteiger partial charge < -0.3 is 0 Å². The fourth-order valence-corrected chi connectivity index (χ4v) is 3.94. The lowest BCUT2D eigenvalue weighted by Gasteiger charge is -2.17. The molecule has 0 radical (unpaired) electrons. The van der Waals surface area contributed by atoms with Crippen LogP contribution in [0.5, 0.6) is 0 Å². The van der Waals surface area contributed by atoms with Gasteiger partial charge in [0.25, 0.3) is 0 Å². The van der Waals surface area contributed by atoms with E-state index in [1.54, 1.807) is 6.07 Å². The molecule has 0 fully saturated rings. The van der Waals surface area contributed by atoms with Crippen molar-refractivity contribution in [3.63, 3.8) is 0 Å². The van der Waals surface area contributed by atoms with Gasteiger partial charge in [-0.1, -0.05) is 32.4 Å². The highest BCUT2D eigenvalue weighted by molar-refractivity contribution is 7.91. The van der Waals surface area contributed by atoms with Crippen molar-refractivity contribution in [1.82, 2.24) is 4.72 Å². The van der Waals surface area contributed by atoms with Crippen LogP contribution in [0.2, 0.25) is 4.34 Å². The van der Waals surface area contributed by atoms with E-state index in [2.05, 4.69) is 25.5 Å². The molecule has 1 rings (SSSR count). The lowest BCUT2D eigenvalue weighted by atomic mass is 9.91. The minimum atomic E-state index is -3.37. The van der Waals surface area contributed by atoms with Gasteiger partial charge in [0.1, 0.15) is 4.21 Å². The number of hydrogen-bond acceptors (Lipinski definition) is 3. The standard InChI is InChI=1S/C11H18ClNO2S2/c1-11(2,3)7-4-8-13-17(14,15)10-6-5-9(12)16-10/h5-6,13H,4,7-8H2,1-3H3. The fraction of sp³-hybridized carbons (Fsp3) is 0.636. The molecule has 0 saturated carbocycles. The Morgan fingerprint density at radius 3 is 2.47 bits per heavy atom. The second-order valence-corrected chi connectivity index (χ2v) is 8.83. The maximum absolute atomic E-state index is 11.8. The third-order valence-electron chi connectivity index (χ3n) is 2.21. The van der Waals surface area contributed by atoms with Crippen molar-refractivity contribution >= 4 is 33.0 Å². The first kappa shape index (κ1) is 15.0. The van der Waals surface area contributed by atoms with E-state index in [4.69, 9.17) is 11.6 Å². The quantitative estimate of drug-likeness (QED) is 0.845. The van der Waals surface area contributed by atoms with E-state index in [9.17, 15) is 8.42 Å². The van der Waals surface area contributed by atoms with E-state index in [0.29, 0.717) is 10.9 Å². The number of nitrogens with one attached hydrogen (secondary N) is 1. The van der Waals surface area contributed by atoms with Crippen molar-refractivity contribution in [2.75, 3.05) is 6.54 Å². The predicted octanol–water partition coefficient (Wildman–Crippen LogP) is 3.51. The van der Waals surface area contributed by atoms with Crippen LogP contribution in [0.1, 0.15) is 33.6 Å². The van der Waals surface area contributed by atoms with Crippen molar-refractivity contribution in [1.29, 1.82) is 0 Å². The summed E-state index contributed by atoms with van der Waals surface area (Å²) in [5, 5.41) is 0. The van der Waals surface area contributed by atoms with Gasteiger partial charge in [0.05, 0.1) is 4.34 Å². The van der Waals surface area contributed by atoms with Crippen LogP contribution in [-0.4, -0.2) is 15.0 Å². The van der Waals surface area contributed by atoms with Crippen molar-refractivity contribution in [3.05, 3.63) is 16.5 Å². The molecular formula is C11H18ClNO2S2. The maximum atomic E-state index is 11.8.